The third kappa shape index (κ3) is 2.46. The molecule has 4 rings (SSSR count). The third-order valence-electron chi connectivity index (χ3n) is 5.44. The molecule has 2 saturated carbocycles. The van der Waals surface area contributed by atoms with Gasteiger partial charge in [0.05, 0.1) is 11.8 Å². The van der Waals surface area contributed by atoms with E-state index in [2.05, 4.69) is 5.32 Å². The standard InChI is InChI=1S/C18H19NO5/c1-9-2-4-11(5-3-9)19-14(20)8-23-17(21)15-10-6-12-13(7-10)24-18(22)16(12)15/h2-5,10,12-13,15-16H,6-8H2,1H3,(H,19,20)/t10-,12-,13+,15+,16-/m0/s1. The minimum absolute atomic E-state index is 0.0126. The minimum Gasteiger partial charge on any atom is -0.462 e. The number of anilines is 1. The maximum absolute atomic E-state index is 12.4. The van der Waals surface area contributed by atoms with E-state index in [9.17, 15) is 14.4 Å². The van der Waals surface area contributed by atoms with Crippen LogP contribution in [-0.2, 0) is 23.9 Å². The average Bonchev–Trinajstić information content (AvgIpc) is 3.16. The normalized spacial score (nSPS) is 32.5. The number of benzene rings is 1. The first kappa shape index (κ1) is 15.2. The quantitative estimate of drug-likeness (QED) is 0.850. The lowest BCUT2D eigenvalue weighted by Crippen LogP contribution is -2.34. The fourth-order valence-electron chi connectivity index (χ4n) is 4.39. The zero-order valence-electron chi connectivity index (χ0n) is 13.4. The van der Waals surface area contributed by atoms with E-state index >= 15 is 0 Å². The van der Waals surface area contributed by atoms with Gasteiger partial charge in [-0.3, -0.25) is 14.4 Å². The van der Waals surface area contributed by atoms with E-state index in [0.717, 1.165) is 18.4 Å². The lowest BCUT2D eigenvalue weighted by Gasteiger charge is -2.22. The number of nitrogens with one attached hydrogen (secondary N) is 1. The summed E-state index contributed by atoms with van der Waals surface area (Å²) in [5, 5.41) is 2.68. The van der Waals surface area contributed by atoms with E-state index in [0.29, 0.717) is 5.69 Å². The molecule has 126 valence electrons. The van der Waals surface area contributed by atoms with Crippen molar-refractivity contribution in [2.24, 2.45) is 23.7 Å². The zero-order chi connectivity index (χ0) is 16.8. The van der Waals surface area contributed by atoms with Gasteiger partial charge in [0.2, 0.25) is 0 Å². The Morgan fingerprint density at radius 3 is 2.75 bits per heavy atom. The summed E-state index contributed by atoms with van der Waals surface area (Å²) in [6.07, 6.45) is 1.57. The van der Waals surface area contributed by atoms with Gasteiger partial charge in [0.25, 0.3) is 5.91 Å². The first-order chi connectivity index (χ1) is 11.5. The van der Waals surface area contributed by atoms with Crippen LogP contribution in [0.5, 0.6) is 0 Å². The van der Waals surface area contributed by atoms with Crippen LogP contribution in [0.1, 0.15) is 18.4 Å². The monoisotopic (exact) mass is 329 g/mol. The molecule has 6 heteroatoms. The molecular weight excluding hydrogens is 310 g/mol. The molecule has 6 nitrogen and oxygen atoms in total. The topological polar surface area (TPSA) is 81.7 Å². The molecular formula is C18H19NO5. The smallest absolute Gasteiger partial charge is 0.310 e. The van der Waals surface area contributed by atoms with E-state index in [-0.39, 0.29) is 42.3 Å². The largest absolute Gasteiger partial charge is 0.462 e. The molecule has 5 atom stereocenters. The van der Waals surface area contributed by atoms with Crippen LogP contribution in [0.4, 0.5) is 5.69 Å². The van der Waals surface area contributed by atoms with Gasteiger partial charge in [-0.2, -0.15) is 0 Å². The zero-order valence-corrected chi connectivity index (χ0v) is 13.4. The first-order valence-corrected chi connectivity index (χ1v) is 8.26. The maximum atomic E-state index is 12.4. The molecule has 0 aromatic heterocycles. The molecule has 2 bridgehead atoms. The van der Waals surface area contributed by atoms with Crippen molar-refractivity contribution in [3.63, 3.8) is 0 Å². The molecule has 1 N–H and O–H groups in total. The van der Waals surface area contributed by atoms with E-state index in [4.69, 9.17) is 9.47 Å². The van der Waals surface area contributed by atoms with Gasteiger partial charge in [-0.05, 0) is 37.8 Å². The van der Waals surface area contributed by atoms with E-state index in [1.165, 1.54) is 0 Å². The van der Waals surface area contributed by atoms with E-state index in [1.807, 2.05) is 19.1 Å². The van der Waals surface area contributed by atoms with Crippen molar-refractivity contribution in [3.05, 3.63) is 29.8 Å². The molecule has 3 fully saturated rings. The number of fused-ring (bicyclic) bond motifs is 1. The molecule has 24 heavy (non-hydrogen) atoms. The molecule has 0 spiro atoms. The van der Waals surface area contributed by atoms with Crippen LogP contribution < -0.4 is 5.32 Å². The summed E-state index contributed by atoms with van der Waals surface area (Å²) >= 11 is 0. The van der Waals surface area contributed by atoms with Crippen molar-refractivity contribution in [2.75, 3.05) is 11.9 Å². The van der Waals surface area contributed by atoms with Crippen LogP contribution in [0.15, 0.2) is 24.3 Å². The average molecular weight is 329 g/mol. The summed E-state index contributed by atoms with van der Waals surface area (Å²) in [5.74, 6) is -1.65. The molecule has 2 aliphatic carbocycles. The van der Waals surface area contributed by atoms with Gasteiger partial charge in [0.1, 0.15) is 6.10 Å². The van der Waals surface area contributed by atoms with Gasteiger partial charge in [-0.15, -0.1) is 0 Å². The number of hydrogen-bond acceptors (Lipinski definition) is 5. The summed E-state index contributed by atoms with van der Waals surface area (Å²) in [4.78, 5) is 36.2. The van der Waals surface area contributed by atoms with Crippen LogP contribution in [0.2, 0.25) is 0 Å². The Labute approximate surface area is 139 Å². The van der Waals surface area contributed by atoms with E-state index < -0.39 is 11.9 Å². The van der Waals surface area contributed by atoms with Crippen LogP contribution in [0.3, 0.4) is 0 Å². The number of carbonyl (C=O) groups is 3. The lowest BCUT2D eigenvalue weighted by atomic mass is 9.80. The molecule has 1 aromatic rings. The Bertz CT molecular complexity index is 696. The van der Waals surface area contributed by atoms with Gasteiger partial charge in [0, 0.05) is 11.6 Å². The predicted molar refractivity (Wildman–Crippen MR) is 83.8 cm³/mol. The Morgan fingerprint density at radius 1 is 1.25 bits per heavy atom. The van der Waals surface area contributed by atoms with Gasteiger partial charge in [-0.25, -0.2) is 0 Å². The number of carbonyl (C=O) groups excluding carboxylic acids is 3. The van der Waals surface area contributed by atoms with Crippen molar-refractivity contribution in [3.8, 4) is 0 Å². The van der Waals surface area contributed by atoms with Crippen LogP contribution >= 0.6 is 0 Å². The van der Waals surface area contributed by atoms with Crippen molar-refractivity contribution in [2.45, 2.75) is 25.9 Å². The second-order valence-electron chi connectivity index (χ2n) is 6.94. The third-order valence-corrected chi connectivity index (χ3v) is 5.44. The highest BCUT2D eigenvalue weighted by molar-refractivity contribution is 5.93. The number of hydrogen-bond donors (Lipinski definition) is 1. The molecule has 3 aliphatic rings. The highest BCUT2D eigenvalue weighted by Crippen LogP contribution is 2.57. The number of amides is 1. The summed E-state index contributed by atoms with van der Waals surface area (Å²) in [7, 11) is 0. The van der Waals surface area contributed by atoms with Crippen molar-refractivity contribution < 1.29 is 23.9 Å². The fraction of sp³-hybridized carbons (Fsp3) is 0.500. The molecule has 0 unspecified atom stereocenters. The highest BCUT2D eigenvalue weighted by atomic mass is 16.6. The Balaban J connectivity index is 1.33. The lowest BCUT2D eigenvalue weighted by molar-refractivity contribution is -0.157. The van der Waals surface area contributed by atoms with Crippen molar-refractivity contribution in [1.29, 1.82) is 0 Å². The molecule has 1 aromatic carbocycles. The Hall–Kier alpha value is -2.37. The molecule has 1 aliphatic heterocycles. The second-order valence-corrected chi connectivity index (χ2v) is 6.94. The summed E-state index contributed by atoms with van der Waals surface area (Å²) in [6.45, 7) is 1.62. The fourth-order valence-corrected chi connectivity index (χ4v) is 4.39. The molecule has 1 heterocycles. The minimum atomic E-state index is -0.455. The maximum Gasteiger partial charge on any atom is 0.310 e. The second kappa shape index (κ2) is 5.61. The van der Waals surface area contributed by atoms with Gasteiger partial charge in [0.15, 0.2) is 6.61 Å². The van der Waals surface area contributed by atoms with Gasteiger partial charge < -0.3 is 14.8 Å². The molecule has 0 radical (unpaired) electrons. The van der Waals surface area contributed by atoms with E-state index in [1.54, 1.807) is 12.1 Å². The van der Waals surface area contributed by atoms with Gasteiger partial charge in [-0.1, -0.05) is 17.7 Å². The first-order valence-electron chi connectivity index (χ1n) is 8.26. The number of rotatable bonds is 4. The molecule has 1 amide bonds. The summed E-state index contributed by atoms with van der Waals surface area (Å²) in [6, 6.07) is 7.36. The van der Waals surface area contributed by atoms with Crippen LogP contribution in [-0.4, -0.2) is 30.6 Å². The number of aryl methyl sites for hydroxylation is 1. The summed E-state index contributed by atoms with van der Waals surface area (Å²) in [5.41, 5.74) is 1.75. The predicted octanol–water partition coefficient (Wildman–Crippen LogP) is 1.67. The molecule has 1 saturated heterocycles. The Kier molecular flexibility index (Phi) is 3.55. The SMILES string of the molecule is Cc1ccc(NC(=O)COC(=O)[C@@H]2[C@H]3C[C@@H]4[C@@H]2C(=O)O[C@@H]4C3)cc1. The highest BCUT2D eigenvalue weighted by Gasteiger charge is 2.64. The van der Waals surface area contributed by atoms with Crippen molar-refractivity contribution >= 4 is 23.5 Å². The summed E-state index contributed by atoms with van der Waals surface area (Å²) < 4.78 is 10.5. The number of ether oxygens (including phenoxy) is 2. The number of esters is 2. The Morgan fingerprint density at radius 2 is 2.00 bits per heavy atom. The van der Waals surface area contributed by atoms with Gasteiger partial charge >= 0.3 is 11.9 Å². The van der Waals surface area contributed by atoms with Crippen LogP contribution in [0, 0.1) is 30.6 Å². The van der Waals surface area contributed by atoms with Crippen molar-refractivity contribution in [1.82, 2.24) is 0 Å². The van der Waals surface area contributed by atoms with Crippen LogP contribution in [0.25, 0.3) is 0 Å².